The van der Waals surface area contributed by atoms with Crippen LogP contribution in [0.2, 0.25) is 0 Å². The largest absolute Gasteiger partial charge is 0.376 e. The fraction of sp³-hybridized carbons (Fsp3) is 0.227. The SMILES string of the molecule is O=C1/C(=C/c2cn(-c3ccccc3)nc2-c2cccs2)SC(=S)N1C[C@H]1CCCO1. The van der Waals surface area contributed by atoms with E-state index in [4.69, 9.17) is 22.1 Å². The molecule has 30 heavy (non-hydrogen) atoms. The lowest BCUT2D eigenvalue weighted by Crippen LogP contribution is -2.35. The van der Waals surface area contributed by atoms with Crippen LogP contribution in [-0.2, 0) is 9.53 Å². The molecule has 0 radical (unpaired) electrons. The molecule has 2 saturated heterocycles. The standard InChI is InChI=1S/C22H19N3O2S3/c26-21-19(30-22(28)24(21)14-17-8-4-10-27-17)12-15-13-25(16-6-2-1-3-7-16)23-20(15)18-9-5-11-29-18/h1-3,5-7,9,11-13,17H,4,8,10,14H2/b19-12-/t17-/m1/s1. The molecule has 2 aliphatic heterocycles. The van der Waals surface area contributed by atoms with Crippen LogP contribution in [0.25, 0.3) is 22.3 Å². The second-order valence-corrected chi connectivity index (χ2v) is 9.74. The van der Waals surface area contributed by atoms with E-state index in [1.807, 2.05) is 64.8 Å². The molecule has 0 unspecified atom stereocenters. The van der Waals surface area contributed by atoms with Crippen molar-refractivity contribution in [1.82, 2.24) is 14.7 Å². The lowest BCUT2D eigenvalue weighted by atomic mass is 10.2. The Morgan fingerprint density at radius 1 is 1.23 bits per heavy atom. The van der Waals surface area contributed by atoms with E-state index in [9.17, 15) is 4.79 Å². The van der Waals surface area contributed by atoms with E-state index >= 15 is 0 Å². The number of carbonyl (C=O) groups excluding carboxylic acids is 1. The topological polar surface area (TPSA) is 47.4 Å². The van der Waals surface area contributed by atoms with E-state index in [-0.39, 0.29) is 12.0 Å². The zero-order valence-corrected chi connectivity index (χ0v) is 18.5. The Morgan fingerprint density at radius 3 is 2.83 bits per heavy atom. The van der Waals surface area contributed by atoms with Gasteiger partial charge in [0.25, 0.3) is 5.91 Å². The second-order valence-electron chi connectivity index (χ2n) is 7.12. The van der Waals surface area contributed by atoms with Gasteiger partial charge in [-0.3, -0.25) is 9.69 Å². The minimum atomic E-state index is -0.0508. The summed E-state index contributed by atoms with van der Waals surface area (Å²) >= 11 is 8.47. The highest BCUT2D eigenvalue weighted by Gasteiger charge is 2.35. The molecule has 4 heterocycles. The lowest BCUT2D eigenvalue weighted by molar-refractivity contribution is -0.123. The summed E-state index contributed by atoms with van der Waals surface area (Å²) in [5, 5.41) is 6.84. The lowest BCUT2D eigenvalue weighted by Gasteiger charge is -2.18. The van der Waals surface area contributed by atoms with Gasteiger partial charge in [-0.2, -0.15) is 5.10 Å². The molecule has 0 saturated carbocycles. The van der Waals surface area contributed by atoms with Crippen LogP contribution < -0.4 is 0 Å². The molecule has 0 N–H and O–H groups in total. The smallest absolute Gasteiger partial charge is 0.266 e. The Kier molecular flexibility index (Phi) is 5.56. The molecular weight excluding hydrogens is 434 g/mol. The van der Waals surface area contributed by atoms with Crippen molar-refractivity contribution in [3.05, 3.63) is 64.5 Å². The minimum absolute atomic E-state index is 0.0508. The molecule has 2 fully saturated rings. The van der Waals surface area contributed by atoms with Crippen LogP contribution in [0.4, 0.5) is 0 Å². The molecule has 0 bridgehead atoms. The highest BCUT2D eigenvalue weighted by atomic mass is 32.2. The molecule has 5 nitrogen and oxygen atoms in total. The third-order valence-electron chi connectivity index (χ3n) is 5.09. The Balaban J connectivity index is 1.49. The second kappa shape index (κ2) is 8.47. The van der Waals surface area contributed by atoms with Crippen LogP contribution in [0.5, 0.6) is 0 Å². The van der Waals surface area contributed by atoms with Gasteiger partial charge >= 0.3 is 0 Å². The quantitative estimate of drug-likeness (QED) is 0.403. The fourth-order valence-corrected chi connectivity index (χ4v) is 5.60. The number of aromatic nitrogens is 2. The molecule has 0 aliphatic carbocycles. The zero-order valence-electron chi connectivity index (χ0n) is 16.1. The van der Waals surface area contributed by atoms with Crippen molar-refractivity contribution < 1.29 is 9.53 Å². The number of thiophene rings is 1. The number of ether oxygens (including phenoxy) is 1. The van der Waals surface area contributed by atoms with Crippen LogP contribution >= 0.6 is 35.3 Å². The number of para-hydroxylation sites is 1. The number of nitrogens with zero attached hydrogens (tertiary/aromatic N) is 3. The maximum atomic E-state index is 13.1. The van der Waals surface area contributed by atoms with Crippen LogP contribution in [-0.4, -0.2) is 44.2 Å². The van der Waals surface area contributed by atoms with Gasteiger partial charge in [-0.25, -0.2) is 4.68 Å². The summed E-state index contributed by atoms with van der Waals surface area (Å²) in [6, 6.07) is 14.0. The first-order valence-corrected chi connectivity index (χ1v) is 11.9. The first-order valence-electron chi connectivity index (χ1n) is 9.75. The number of thiocarbonyl (C=S) groups is 1. The van der Waals surface area contributed by atoms with Crippen molar-refractivity contribution in [3.8, 4) is 16.3 Å². The molecule has 2 aromatic heterocycles. The predicted octanol–water partition coefficient (Wildman–Crippen LogP) is 4.98. The van der Waals surface area contributed by atoms with Gasteiger partial charge < -0.3 is 4.74 Å². The maximum absolute atomic E-state index is 13.1. The Hall–Kier alpha value is -2.26. The minimum Gasteiger partial charge on any atom is -0.376 e. The van der Waals surface area contributed by atoms with Crippen LogP contribution in [0.15, 0.2) is 58.9 Å². The average molecular weight is 454 g/mol. The number of rotatable bonds is 5. The number of hydrogen-bond acceptors (Lipinski definition) is 6. The van der Waals surface area contributed by atoms with Crippen LogP contribution in [0.1, 0.15) is 18.4 Å². The van der Waals surface area contributed by atoms with Crippen molar-refractivity contribution in [2.24, 2.45) is 0 Å². The molecule has 152 valence electrons. The molecule has 0 spiro atoms. The predicted molar refractivity (Wildman–Crippen MR) is 126 cm³/mol. The molecule has 1 aromatic carbocycles. The van der Waals surface area contributed by atoms with E-state index in [2.05, 4.69) is 0 Å². The summed E-state index contributed by atoms with van der Waals surface area (Å²) in [4.78, 5) is 16.4. The van der Waals surface area contributed by atoms with E-state index in [1.165, 1.54) is 11.8 Å². The molecule has 2 aliphatic rings. The summed E-state index contributed by atoms with van der Waals surface area (Å²) in [7, 11) is 0. The summed E-state index contributed by atoms with van der Waals surface area (Å²) < 4.78 is 8.14. The van der Waals surface area contributed by atoms with Crippen molar-refractivity contribution in [2.75, 3.05) is 13.2 Å². The van der Waals surface area contributed by atoms with E-state index in [0.717, 1.165) is 41.3 Å². The van der Waals surface area contributed by atoms with Crippen molar-refractivity contribution >= 4 is 51.6 Å². The van der Waals surface area contributed by atoms with Gasteiger partial charge in [-0.15, -0.1) is 11.3 Å². The molecular formula is C22H19N3O2S3. The highest BCUT2D eigenvalue weighted by Crippen LogP contribution is 2.36. The van der Waals surface area contributed by atoms with Crippen LogP contribution in [0, 0.1) is 0 Å². The Labute approximate surface area is 188 Å². The normalized spacial score (nSPS) is 20.6. The Morgan fingerprint density at radius 2 is 2.10 bits per heavy atom. The van der Waals surface area contributed by atoms with Gasteiger partial charge in [-0.05, 0) is 42.5 Å². The Bertz CT molecular complexity index is 1100. The third kappa shape index (κ3) is 3.88. The van der Waals surface area contributed by atoms with E-state index in [0.29, 0.717) is 15.8 Å². The number of hydrogen-bond donors (Lipinski definition) is 0. The zero-order chi connectivity index (χ0) is 20.5. The monoisotopic (exact) mass is 453 g/mol. The van der Waals surface area contributed by atoms with Gasteiger partial charge in [0.05, 0.1) is 28.1 Å². The summed E-state index contributed by atoms with van der Waals surface area (Å²) in [5.74, 6) is -0.0508. The van der Waals surface area contributed by atoms with Crippen molar-refractivity contribution in [2.45, 2.75) is 18.9 Å². The summed E-state index contributed by atoms with van der Waals surface area (Å²) in [6.45, 7) is 1.29. The van der Waals surface area contributed by atoms with E-state index in [1.54, 1.807) is 16.2 Å². The molecule has 1 atom stereocenters. The van der Waals surface area contributed by atoms with Crippen molar-refractivity contribution in [1.29, 1.82) is 0 Å². The highest BCUT2D eigenvalue weighted by molar-refractivity contribution is 8.26. The van der Waals surface area contributed by atoms with Gasteiger partial charge in [0.2, 0.25) is 0 Å². The number of benzene rings is 1. The summed E-state index contributed by atoms with van der Waals surface area (Å²) in [6.07, 6.45) is 5.97. The van der Waals surface area contributed by atoms with Gasteiger partial charge in [-0.1, -0.05) is 48.2 Å². The first-order chi connectivity index (χ1) is 14.7. The molecule has 1 amide bonds. The first kappa shape index (κ1) is 19.7. The van der Waals surface area contributed by atoms with Crippen molar-refractivity contribution in [3.63, 3.8) is 0 Å². The van der Waals surface area contributed by atoms with Gasteiger partial charge in [0, 0.05) is 18.4 Å². The fourth-order valence-electron chi connectivity index (χ4n) is 3.60. The van der Waals surface area contributed by atoms with Gasteiger partial charge in [0.15, 0.2) is 0 Å². The number of amides is 1. The molecule has 5 rings (SSSR count). The third-order valence-corrected chi connectivity index (χ3v) is 7.34. The number of thioether (sulfide) groups is 1. The summed E-state index contributed by atoms with van der Waals surface area (Å²) in [5.41, 5.74) is 2.73. The molecule has 3 aromatic rings. The molecule has 8 heteroatoms. The maximum Gasteiger partial charge on any atom is 0.266 e. The van der Waals surface area contributed by atoms with E-state index < -0.39 is 0 Å². The van der Waals surface area contributed by atoms with Crippen LogP contribution in [0.3, 0.4) is 0 Å². The number of carbonyl (C=O) groups is 1. The average Bonchev–Trinajstić information content (AvgIpc) is 3.55. The van der Waals surface area contributed by atoms with Gasteiger partial charge in [0.1, 0.15) is 10.0 Å².